The van der Waals surface area contributed by atoms with E-state index in [2.05, 4.69) is 18.7 Å². The lowest BCUT2D eigenvalue weighted by Crippen LogP contribution is -2.22. The minimum atomic E-state index is -0.345. The molecule has 100 valence electrons. The van der Waals surface area contributed by atoms with Gasteiger partial charge in [-0.2, -0.15) is 0 Å². The van der Waals surface area contributed by atoms with Crippen LogP contribution < -0.4 is 4.74 Å². The molecule has 0 aliphatic heterocycles. The average Bonchev–Trinajstić information content (AvgIpc) is 2.43. The molecular formula is C14H21NO3. The molecule has 0 saturated heterocycles. The second kappa shape index (κ2) is 7.01. The Hall–Kier alpha value is -1.55. The van der Waals surface area contributed by atoms with Crippen LogP contribution in [0, 0.1) is 0 Å². The monoisotopic (exact) mass is 251 g/mol. The highest BCUT2D eigenvalue weighted by Crippen LogP contribution is 2.22. The Bertz CT molecular complexity index is 400. The van der Waals surface area contributed by atoms with Crippen molar-refractivity contribution in [2.45, 2.75) is 20.4 Å². The molecule has 1 aromatic carbocycles. The van der Waals surface area contributed by atoms with Gasteiger partial charge in [-0.3, -0.25) is 4.90 Å². The summed E-state index contributed by atoms with van der Waals surface area (Å²) in [7, 11) is 2.99. The molecule has 0 amide bonds. The zero-order valence-electron chi connectivity index (χ0n) is 11.5. The van der Waals surface area contributed by atoms with E-state index in [1.54, 1.807) is 19.2 Å². The molecule has 0 fully saturated rings. The molecule has 0 aromatic heterocycles. The third kappa shape index (κ3) is 3.47. The van der Waals surface area contributed by atoms with E-state index < -0.39 is 0 Å². The smallest absolute Gasteiger partial charge is 0.337 e. The molecule has 0 atom stereocenters. The van der Waals surface area contributed by atoms with E-state index in [0.717, 1.165) is 30.9 Å². The lowest BCUT2D eigenvalue weighted by molar-refractivity contribution is 0.0600. The summed E-state index contributed by atoms with van der Waals surface area (Å²) >= 11 is 0. The first-order chi connectivity index (χ1) is 8.65. The van der Waals surface area contributed by atoms with E-state index >= 15 is 0 Å². The summed E-state index contributed by atoms with van der Waals surface area (Å²) in [4.78, 5) is 13.7. The summed E-state index contributed by atoms with van der Waals surface area (Å²) in [5.74, 6) is 0.382. The third-order valence-corrected chi connectivity index (χ3v) is 3.00. The molecule has 4 nitrogen and oxygen atoms in total. The molecule has 0 aliphatic rings. The number of ether oxygens (including phenoxy) is 2. The summed E-state index contributed by atoms with van der Waals surface area (Å²) in [6.45, 7) is 7.03. The van der Waals surface area contributed by atoms with Crippen molar-refractivity contribution in [2.75, 3.05) is 27.3 Å². The molecule has 0 unspecified atom stereocenters. The lowest BCUT2D eigenvalue weighted by atomic mass is 10.1. The number of carbonyl (C=O) groups excluding carboxylic acids is 1. The average molecular weight is 251 g/mol. The largest absolute Gasteiger partial charge is 0.496 e. The van der Waals surface area contributed by atoms with Crippen LogP contribution in [0.1, 0.15) is 29.8 Å². The van der Waals surface area contributed by atoms with Gasteiger partial charge in [0.1, 0.15) is 5.75 Å². The van der Waals surface area contributed by atoms with Gasteiger partial charge in [-0.15, -0.1) is 0 Å². The predicted molar refractivity (Wildman–Crippen MR) is 71.0 cm³/mol. The lowest BCUT2D eigenvalue weighted by Gasteiger charge is -2.19. The molecule has 4 heteroatoms. The normalized spacial score (nSPS) is 10.5. The second-order valence-electron chi connectivity index (χ2n) is 3.98. The standard InChI is InChI=1S/C14H21NO3/c1-5-15(6-2)10-12-8-7-11(14(16)18-4)9-13(12)17-3/h7-9H,5-6,10H2,1-4H3. The van der Waals surface area contributed by atoms with Gasteiger partial charge in [0.05, 0.1) is 19.8 Å². The number of nitrogens with zero attached hydrogens (tertiary/aromatic N) is 1. The fourth-order valence-corrected chi connectivity index (χ4v) is 1.81. The van der Waals surface area contributed by atoms with E-state index in [0.29, 0.717) is 5.56 Å². The molecule has 0 N–H and O–H groups in total. The summed E-state index contributed by atoms with van der Waals surface area (Å²) in [5, 5.41) is 0. The summed E-state index contributed by atoms with van der Waals surface area (Å²) < 4.78 is 10.0. The van der Waals surface area contributed by atoms with Crippen LogP contribution in [0.25, 0.3) is 0 Å². The number of hydrogen-bond donors (Lipinski definition) is 0. The van der Waals surface area contributed by atoms with Crippen molar-refractivity contribution in [1.29, 1.82) is 0 Å². The van der Waals surface area contributed by atoms with E-state index in [1.807, 2.05) is 6.07 Å². The topological polar surface area (TPSA) is 38.8 Å². The minimum absolute atomic E-state index is 0.345. The van der Waals surface area contributed by atoms with Crippen molar-refractivity contribution >= 4 is 5.97 Å². The zero-order chi connectivity index (χ0) is 13.5. The Morgan fingerprint density at radius 1 is 1.22 bits per heavy atom. The second-order valence-corrected chi connectivity index (χ2v) is 3.98. The number of rotatable bonds is 6. The van der Waals surface area contributed by atoms with Gasteiger partial charge in [0.15, 0.2) is 0 Å². The molecule has 18 heavy (non-hydrogen) atoms. The molecule has 0 radical (unpaired) electrons. The van der Waals surface area contributed by atoms with Gasteiger partial charge in [0, 0.05) is 12.1 Å². The van der Waals surface area contributed by atoms with Crippen LogP contribution in [0.3, 0.4) is 0 Å². The van der Waals surface area contributed by atoms with Gasteiger partial charge in [-0.25, -0.2) is 4.79 Å². The highest BCUT2D eigenvalue weighted by molar-refractivity contribution is 5.89. The summed E-state index contributed by atoms with van der Waals surface area (Å²) in [5.41, 5.74) is 1.59. The molecule has 0 bridgehead atoms. The van der Waals surface area contributed by atoms with Gasteiger partial charge >= 0.3 is 5.97 Å². The molecule has 0 aliphatic carbocycles. The maximum atomic E-state index is 11.4. The highest BCUT2D eigenvalue weighted by Gasteiger charge is 2.11. The number of carbonyl (C=O) groups is 1. The molecule has 0 heterocycles. The van der Waals surface area contributed by atoms with Crippen LogP contribution >= 0.6 is 0 Å². The zero-order valence-corrected chi connectivity index (χ0v) is 11.5. The first-order valence-electron chi connectivity index (χ1n) is 6.13. The fourth-order valence-electron chi connectivity index (χ4n) is 1.81. The molecular weight excluding hydrogens is 230 g/mol. The van der Waals surface area contributed by atoms with Gasteiger partial charge in [-0.05, 0) is 25.2 Å². The van der Waals surface area contributed by atoms with Crippen molar-refractivity contribution in [3.05, 3.63) is 29.3 Å². The van der Waals surface area contributed by atoms with E-state index in [-0.39, 0.29) is 5.97 Å². The SMILES string of the molecule is CCN(CC)Cc1ccc(C(=O)OC)cc1OC. The van der Waals surface area contributed by atoms with Crippen molar-refractivity contribution in [2.24, 2.45) is 0 Å². The van der Waals surface area contributed by atoms with Crippen LogP contribution in [-0.2, 0) is 11.3 Å². The van der Waals surface area contributed by atoms with Gasteiger partial charge in [0.25, 0.3) is 0 Å². The van der Waals surface area contributed by atoms with Crippen molar-refractivity contribution in [3.8, 4) is 5.75 Å². The fraction of sp³-hybridized carbons (Fsp3) is 0.500. The maximum Gasteiger partial charge on any atom is 0.337 e. The van der Waals surface area contributed by atoms with Crippen LogP contribution in [0.4, 0.5) is 0 Å². The third-order valence-electron chi connectivity index (χ3n) is 3.00. The summed E-state index contributed by atoms with van der Waals surface area (Å²) in [6.07, 6.45) is 0. The Morgan fingerprint density at radius 2 is 1.89 bits per heavy atom. The van der Waals surface area contributed by atoms with Crippen LogP contribution in [-0.4, -0.2) is 38.2 Å². The van der Waals surface area contributed by atoms with Gasteiger partial charge < -0.3 is 9.47 Å². The maximum absolute atomic E-state index is 11.4. The van der Waals surface area contributed by atoms with E-state index in [1.165, 1.54) is 7.11 Å². The number of esters is 1. The van der Waals surface area contributed by atoms with Crippen molar-refractivity contribution < 1.29 is 14.3 Å². The van der Waals surface area contributed by atoms with Gasteiger partial charge in [-0.1, -0.05) is 19.9 Å². The molecule has 0 spiro atoms. The highest BCUT2D eigenvalue weighted by atomic mass is 16.5. The van der Waals surface area contributed by atoms with Crippen molar-refractivity contribution in [3.63, 3.8) is 0 Å². The Kier molecular flexibility index (Phi) is 5.65. The van der Waals surface area contributed by atoms with E-state index in [4.69, 9.17) is 9.47 Å². The quantitative estimate of drug-likeness (QED) is 0.727. The van der Waals surface area contributed by atoms with Crippen LogP contribution in [0.2, 0.25) is 0 Å². The molecule has 0 saturated carbocycles. The number of methoxy groups -OCH3 is 2. The van der Waals surface area contributed by atoms with Crippen LogP contribution in [0.5, 0.6) is 5.75 Å². The molecule has 1 rings (SSSR count). The van der Waals surface area contributed by atoms with Crippen LogP contribution in [0.15, 0.2) is 18.2 Å². The van der Waals surface area contributed by atoms with Crippen molar-refractivity contribution in [1.82, 2.24) is 4.90 Å². The number of benzene rings is 1. The van der Waals surface area contributed by atoms with E-state index in [9.17, 15) is 4.79 Å². The first-order valence-corrected chi connectivity index (χ1v) is 6.13. The first kappa shape index (κ1) is 14.5. The number of hydrogen-bond acceptors (Lipinski definition) is 4. The Morgan fingerprint density at radius 3 is 2.39 bits per heavy atom. The Labute approximate surface area is 108 Å². The minimum Gasteiger partial charge on any atom is -0.496 e. The summed E-state index contributed by atoms with van der Waals surface area (Å²) in [6, 6.07) is 5.42. The predicted octanol–water partition coefficient (Wildman–Crippen LogP) is 2.32. The molecule has 1 aromatic rings. The van der Waals surface area contributed by atoms with Gasteiger partial charge in [0.2, 0.25) is 0 Å². The Balaban J connectivity index is 2.96.